The number of halogens is 1. The Hall–Kier alpha value is -2.07. The predicted octanol–water partition coefficient (Wildman–Crippen LogP) is 3.19. The lowest BCUT2D eigenvalue weighted by Gasteiger charge is -2.11. The van der Waals surface area contributed by atoms with E-state index in [1.165, 1.54) is 6.08 Å². The Balaban J connectivity index is 2.57. The molecule has 19 heavy (non-hydrogen) atoms. The highest BCUT2D eigenvalue weighted by atomic mass is 35.5. The molecular formula is C14H13ClN2O2. The van der Waals surface area contributed by atoms with Crippen LogP contribution in [0.5, 0.6) is 0 Å². The van der Waals surface area contributed by atoms with E-state index >= 15 is 0 Å². The van der Waals surface area contributed by atoms with Crippen LogP contribution in [0.1, 0.15) is 18.3 Å². The number of carbonyl (C=O) groups is 1. The Morgan fingerprint density at radius 2 is 2.32 bits per heavy atom. The SMILES string of the molecule is CCc1nccn1-c1cccc(Cl)c1C=CC(=O)O. The van der Waals surface area contributed by atoms with Crippen LogP contribution in [0.25, 0.3) is 11.8 Å². The molecule has 0 saturated carbocycles. The third-order valence-corrected chi connectivity index (χ3v) is 3.05. The van der Waals surface area contributed by atoms with Crippen molar-refractivity contribution in [1.29, 1.82) is 0 Å². The van der Waals surface area contributed by atoms with E-state index in [2.05, 4.69) is 4.98 Å². The van der Waals surface area contributed by atoms with Gasteiger partial charge in [0.15, 0.2) is 0 Å². The van der Waals surface area contributed by atoms with Crippen LogP contribution in [0.4, 0.5) is 0 Å². The maximum absolute atomic E-state index is 10.7. The van der Waals surface area contributed by atoms with E-state index in [-0.39, 0.29) is 0 Å². The van der Waals surface area contributed by atoms with Gasteiger partial charge in [0, 0.05) is 35.5 Å². The van der Waals surface area contributed by atoms with Gasteiger partial charge in [-0.1, -0.05) is 24.6 Å². The number of carboxylic acids is 1. The molecule has 0 aliphatic carbocycles. The fraction of sp³-hybridized carbons (Fsp3) is 0.143. The number of aromatic nitrogens is 2. The van der Waals surface area contributed by atoms with Crippen molar-refractivity contribution >= 4 is 23.6 Å². The molecule has 0 fully saturated rings. The van der Waals surface area contributed by atoms with Crippen LogP contribution < -0.4 is 0 Å². The molecule has 0 amide bonds. The molecule has 0 saturated heterocycles. The van der Waals surface area contributed by atoms with Crippen molar-refractivity contribution in [1.82, 2.24) is 9.55 Å². The van der Waals surface area contributed by atoms with E-state index in [9.17, 15) is 4.79 Å². The molecule has 1 aromatic carbocycles. The van der Waals surface area contributed by atoms with Crippen molar-refractivity contribution in [2.45, 2.75) is 13.3 Å². The molecule has 2 aromatic rings. The van der Waals surface area contributed by atoms with E-state index < -0.39 is 5.97 Å². The van der Waals surface area contributed by atoms with Crippen LogP contribution in [-0.4, -0.2) is 20.6 Å². The number of imidazole rings is 1. The minimum Gasteiger partial charge on any atom is -0.478 e. The molecule has 1 aromatic heterocycles. The molecule has 0 spiro atoms. The van der Waals surface area contributed by atoms with E-state index in [0.29, 0.717) is 10.6 Å². The number of aryl methyl sites for hydroxylation is 1. The maximum Gasteiger partial charge on any atom is 0.328 e. The zero-order valence-electron chi connectivity index (χ0n) is 10.4. The lowest BCUT2D eigenvalue weighted by atomic mass is 10.1. The fourth-order valence-electron chi connectivity index (χ4n) is 1.87. The summed E-state index contributed by atoms with van der Waals surface area (Å²) in [4.78, 5) is 14.9. The second-order valence-electron chi connectivity index (χ2n) is 3.91. The topological polar surface area (TPSA) is 55.1 Å². The van der Waals surface area contributed by atoms with Gasteiger partial charge >= 0.3 is 5.97 Å². The van der Waals surface area contributed by atoms with Gasteiger partial charge in [-0.3, -0.25) is 0 Å². The fourth-order valence-corrected chi connectivity index (χ4v) is 2.10. The molecule has 0 aliphatic rings. The summed E-state index contributed by atoms with van der Waals surface area (Å²) in [6.07, 6.45) is 6.90. The Morgan fingerprint density at radius 3 is 3.00 bits per heavy atom. The summed E-state index contributed by atoms with van der Waals surface area (Å²) >= 11 is 6.15. The van der Waals surface area contributed by atoms with Crippen LogP contribution >= 0.6 is 11.6 Å². The van der Waals surface area contributed by atoms with Gasteiger partial charge in [-0.2, -0.15) is 0 Å². The number of hydrogen-bond donors (Lipinski definition) is 1. The average Bonchev–Trinajstić information content (AvgIpc) is 2.84. The number of aliphatic carboxylic acids is 1. The van der Waals surface area contributed by atoms with Crippen LogP contribution in [0, 0.1) is 0 Å². The molecular weight excluding hydrogens is 264 g/mol. The third kappa shape index (κ3) is 2.85. The predicted molar refractivity (Wildman–Crippen MR) is 74.6 cm³/mol. The number of benzene rings is 1. The van der Waals surface area contributed by atoms with Crippen molar-refractivity contribution < 1.29 is 9.90 Å². The van der Waals surface area contributed by atoms with E-state index in [0.717, 1.165) is 24.0 Å². The van der Waals surface area contributed by atoms with Crippen molar-refractivity contribution in [3.8, 4) is 5.69 Å². The first kappa shape index (κ1) is 13.4. The number of carboxylic acid groups (broad SMARTS) is 1. The standard InChI is InChI=1S/C14H13ClN2O2/c1-2-13-16-8-9-17(13)12-5-3-4-11(15)10(12)6-7-14(18)19/h3-9H,2H2,1H3,(H,18,19). The lowest BCUT2D eigenvalue weighted by molar-refractivity contribution is -0.131. The highest BCUT2D eigenvalue weighted by Gasteiger charge is 2.09. The Labute approximate surface area is 116 Å². The van der Waals surface area contributed by atoms with Crippen molar-refractivity contribution in [2.75, 3.05) is 0 Å². The Kier molecular flexibility index (Phi) is 4.02. The van der Waals surface area contributed by atoms with Crippen LogP contribution in [-0.2, 0) is 11.2 Å². The van der Waals surface area contributed by atoms with Gasteiger partial charge in [-0.05, 0) is 18.2 Å². The molecule has 4 nitrogen and oxygen atoms in total. The van der Waals surface area contributed by atoms with Gasteiger partial charge in [0.05, 0.1) is 5.69 Å². The molecule has 2 rings (SSSR count). The second kappa shape index (κ2) is 5.71. The van der Waals surface area contributed by atoms with Crippen molar-refractivity contribution in [3.63, 3.8) is 0 Å². The molecule has 98 valence electrons. The summed E-state index contributed by atoms with van der Waals surface area (Å²) in [6.45, 7) is 2.01. The summed E-state index contributed by atoms with van der Waals surface area (Å²) in [5.74, 6) is -0.112. The van der Waals surface area contributed by atoms with Crippen LogP contribution in [0.2, 0.25) is 5.02 Å². The molecule has 0 unspecified atom stereocenters. The van der Waals surface area contributed by atoms with Crippen LogP contribution in [0.15, 0.2) is 36.7 Å². The molecule has 5 heteroatoms. The van der Waals surface area contributed by atoms with Gasteiger partial charge in [-0.15, -0.1) is 0 Å². The summed E-state index contributed by atoms with van der Waals surface area (Å²) in [6, 6.07) is 5.44. The first-order valence-corrected chi connectivity index (χ1v) is 6.23. The smallest absolute Gasteiger partial charge is 0.328 e. The largest absolute Gasteiger partial charge is 0.478 e. The van der Waals surface area contributed by atoms with Gasteiger partial charge in [0.2, 0.25) is 0 Å². The third-order valence-electron chi connectivity index (χ3n) is 2.72. The number of nitrogens with zero attached hydrogens (tertiary/aromatic N) is 2. The summed E-state index contributed by atoms with van der Waals surface area (Å²) in [5, 5.41) is 9.24. The molecule has 0 radical (unpaired) electrons. The Bertz CT molecular complexity index is 632. The van der Waals surface area contributed by atoms with Gasteiger partial charge < -0.3 is 9.67 Å². The minimum atomic E-state index is -1.01. The van der Waals surface area contributed by atoms with Crippen molar-refractivity contribution in [2.24, 2.45) is 0 Å². The second-order valence-corrected chi connectivity index (χ2v) is 4.32. The normalized spacial score (nSPS) is 11.1. The van der Waals surface area contributed by atoms with Crippen molar-refractivity contribution in [3.05, 3.63) is 53.1 Å². The van der Waals surface area contributed by atoms with E-state index in [4.69, 9.17) is 16.7 Å². The first-order chi connectivity index (χ1) is 9.13. The molecule has 0 bridgehead atoms. The van der Waals surface area contributed by atoms with Crippen LogP contribution in [0.3, 0.4) is 0 Å². The van der Waals surface area contributed by atoms with Gasteiger partial charge in [-0.25, -0.2) is 9.78 Å². The zero-order valence-corrected chi connectivity index (χ0v) is 11.1. The van der Waals surface area contributed by atoms with E-state index in [1.54, 1.807) is 12.3 Å². The quantitative estimate of drug-likeness (QED) is 0.873. The lowest BCUT2D eigenvalue weighted by Crippen LogP contribution is -2.01. The number of hydrogen-bond acceptors (Lipinski definition) is 2. The summed E-state index contributed by atoms with van der Waals surface area (Å²) < 4.78 is 1.91. The molecule has 1 heterocycles. The minimum absolute atomic E-state index is 0.505. The average molecular weight is 277 g/mol. The first-order valence-electron chi connectivity index (χ1n) is 5.85. The maximum atomic E-state index is 10.7. The molecule has 1 N–H and O–H groups in total. The molecule has 0 aliphatic heterocycles. The zero-order chi connectivity index (χ0) is 13.8. The highest BCUT2D eigenvalue weighted by Crippen LogP contribution is 2.25. The summed E-state index contributed by atoms with van der Waals surface area (Å²) in [7, 11) is 0. The Morgan fingerprint density at radius 1 is 1.53 bits per heavy atom. The van der Waals surface area contributed by atoms with Gasteiger partial charge in [0.25, 0.3) is 0 Å². The van der Waals surface area contributed by atoms with Gasteiger partial charge in [0.1, 0.15) is 5.82 Å². The highest BCUT2D eigenvalue weighted by molar-refractivity contribution is 6.32. The monoisotopic (exact) mass is 276 g/mol. The number of rotatable bonds is 4. The molecule has 0 atom stereocenters. The van der Waals surface area contributed by atoms with E-state index in [1.807, 2.05) is 29.8 Å². The summed E-state index contributed by atoms with van der Waals surface area (Å²) in [5.41, 5.74) is 1.48.